The average Bonchev–Trinajstić information content (AvgIpc) is 2.72. The molecule has 3 rings (SSSR count). The second-order valence-electron chi connectivity index (χ2n) is 6.60. The lowest BCUT2D eigenvalue weighted by atomic mass is 9.91. The van der Waals surface area contributed by atoms with Gasteiger partial charge in [0.1, 0.15) is 0 Å². The van der Waals surface area contributed by atoms with Gasteiger partial charge in [0.2, 0.25) is 10.0 Å². The number of fused-ring (bicyclic) bond motifs is 1. The Morgan fingerprint density at radius 2 is 1.72 bits per heavy atom. The maximum absolute atomic E-state index is 12.8. The molecular formula is C21H21N3O4S. The van der Waals surface area contributed by atoms with E-state index in [0.717, 1.165) is 5.56 Å². The first-order chi connectivity index (χ1) is 13.8. The number of benzene rings is 2. The first-order valence-electron chi connectivity index (χ1n) is 9.28. The van der Waals surface area contributed by atoms with E-state index in [4.69, 9.17) is 0 Å². The number of hydrogen-bond donors (Lipinski definition) is 0. The Morgan fingerprint density at radius 1 is 1.07 bits per heavy atom. The van der Waals surface area contributed by atoms with Crippen molar-refractivity contribution >= 4 is 27.4 Å². The summed E-state index contributed by atoms with van der Waals surface area (Å²) in [5.41, 5.74) is 1.21. The number of carbonyl (C=O) groups excluding carboxylic acids is 2. The first-order valence-corrected chi connectivity index (χ1v) is 10.7. The predicted molar refractivity (Wildman–Crippen MR) is 108 cm³/mol. The van der Waals surface area contributed by atoms with Crippen LogP contribution in [0, 0.1) is 17.2 Å². The Morgan fingerprint density at radius 3 is 2.31 bits per heavy atom. The van der Waals surface area contributed by atoms with Crippen LogP contribution in [0.25, 0.3) is 0 Å². The van der Waals surface area contributed by atoms with Gasteiger partial charge in [0, 0.05) is 18.7 Å². The minimum absolute atomic E-state index is 0.0287. The van der Waals surface area contributed by atoms with E-state index in [-0.39, 0.29) is 17.0 Å². The summed E-state index contributed by atoms with van der Waals surface area (Å²) in [5.74, 6) is -2.76. The Balaban J connectivity index is 2.12. The number of anilines is 1. The smallest absolute Gasteiger partial charge is 0.252 e. The largest absolute Gasteiger partial charge is 0.306 e. The van der Waals surface area contributed by atoms with Crippen molar-refractivity contribution in [2.75, 3.05) is 18.0 Å². The summed E-state index contributed by atoms with van der Waals surface area (Å²) in [5, 5.41) is 9.39. The van der Waals surface area contributed by atoms with E-state index in [1.807, 2.05) is 30.3 Å². The van der Waals surface area contributed by atoms with Crippen LogP contribution in [0.3, 0.4) is 0 Å². The van der Waals surface area contributed by atoms with Crippen molar-refractivity contribution in [2.45, 2.75) is 25.3 Å². The van der Waals surface area contributed by atoms with E-state index in [2.05, 4.69) is 0 Å². The number of amides is 1. The molecule has 2 aromatic carbocycles. The van der Waals surface area contributed by atoms with Crippen molar-refractivity contribution in [3.8, 4) is 6.07 Å². The van der Waals surface area contributed by atoms with Crippen LogP contribution in [0.4, 0.5) is 5.69 Å². The van der Waals surface area contributed by atoms with Crippen molar-refractivity contribution in [3.05, 3.63) is 59.7 Å². The number of nitriles is 1. The normalized spacial score (nSPS) is 16.6. The molecule has 0 aromatic heterocycles. The van der Waals surface area contributed by atoms with Crippen LogP contribution in [0.2, 0.25) is 0 Å². The molecule has 2 aromatic rings. The van der Waals surface area contributed by atoms with Crippen molar-refractivity contribution in [2.24, 2.45) is 5.92 Å². The molecule has 0 saturated carbocycles. The van der Waals surface area contributed by atoms with Gasteiger partial charge in [-0.3, -0.25) is 9.59 Å². The summed E-state index contributed by atoms with van der Waals surface area (Å²) in [6.07, 6.45) is 0. The zero-order chi connectivity index (χ0) is 21.2. The number of Topliss-reactive ketones (excluding diaryl/α,β-unsaturated/α-hetero) is 1. The second-order valence-corrected chi connectivity index (χ2v) is 8.54. The van der Waals surface area contributed by atoms with Crippen LogP contribution in [-0.4, -0.2) is 37.5 Å². The minimum atomic E-state index is -3.78. The third-order valence-electron chi connectivity index (χ3n) is 4.96. The molecule has 150 valence electrons. The number of ketones is 1. The maximum Gasteiger partial charge on any atom is 0.252 e. The van der Waals surface area contributed by atoms with E-state index < -0.39 is 27.6 Å². The highest BCUT2D eigenvalue weighted by Gasteiger charge is 2.40. The molecule has 1 heterocycles. The zero-order valence-electron chi connectivity index (χ0n) is 16.2. The van der Waals surface area contributed by atoms with Crippen molar-refractivity contribution in [3.63, 3.8) is 0 Å². The van der Waals surface area contributed by atoms with E-state index >= 15 is 0 Å². The standard InChI is InChI=1S/C21H21N3O4S/c1-3-23(4-2)29(27,28)16-10-11-19-17(12-16)20(25)18(13-22)21(26)24(19)14-15-8-6-5-7-9-15/h5-12,18H,3-4,14H2,1-2H3/t18-/m0/s1. The van der Waals surface area contributed by atoms with Gasteiger partial charge in [-0.2, -0.15) is 9.57 Å². The Kier molecular flexibility index (Phi) is 5.82. The van der Waals surface area contributed by atoms with Crippen LogP contribution in [0.15, 0.2) is 53.4 Å². The number of nitrogens with zero attached hydrogens (tertiary/aromatic N) is 3. The van der Waals surface area contributed by atoms with E-state index in [0.29, 0.717) is 18.8 Å². The van der Waals surface area contributed by atoms with E-state index in [1.165, 1.54) is 27.4 Å². The summed E-state index contributed by atoms with van der Waals surface area (Å²) in [6.45, 7) is 4.24. The fourth-order valence-electron chi connectivity index (χ4n) is 3.41. The highest BCUT2D eigenvalue weighted by molar-refractivity contribution is 7.89. The molecule has 7 nitrogen and oxygen atoms in total. The number of hydrogen-bond acceptors (Lipinski definition) is 5. The highest BCUT2D eigenvalue weighted by atomic mass is 32.2. The third-order valence-corrected chi connectivity index (χ3v) is 7.00. The van der Waals surface area contributed by atoms with E-state index in [1.54, 1.807) is 19.9 Å². The lowest BCUT2D eigenvalue weighted by Gasteiger charge is -2.31. The van der Waals surface area contributed by atoms with Crippen LogP contribution in [0.5, 0.6) is 0 Å². The van der Waals surface area contributed by atoms with Crippen LogP contribution < -0.4 is 4.90 Å². The molecule has 29 heavy (non-hydrogen) atoms. The summed E-state index contributed by atoms with van der Waals surface area (Å²) >= 11 is 0. The zero-order valence-corrected chi connectivity index (χ0v) is 17.0. The van der Waals surface area contributed by atoms with Crippen LogP contribution in [0.1, 0.15) is 29.8 Å². The molecule has 0 fully saturated rings. The monoisotopic (exact) mass is 411 g/mol. The maximum atomic E-state index is 12.8. The molecule has 0 spiro atoms. The summed E-state index contributed by atoms with van der Waals surface area (Å²) < 4.78 is 27.0. The molecule has 0 N–H and O–H groups in total. The van der Waals surface area contributed by atoms with Crippen molar-refractivity contribution < 1.29 is 18.0 Å². The third kappa shape index (κ3) is 3.67. The molecule has 0 saturated heterocycles. The highest BCUT2D eigenvalue weighted by Crippen LogP contribution is 2.34. The van der Waals surface area contributed by atoms with Gasteiger partial charge in [0.15, 0.2) is 11.7 Å². The molecule has 0 unspecified atom stereocenters. The van der Waals surface area contributed by atoms with Crippen molar-refractivity contribution in [1.82, 2.24) is 4.31 Å². The van der Waals surface area contributed by atoms with Gasteiger partial charge in [-0.25, -0.2) is 8.42 Å². The topological polar surface area (TPSA) is 98.5 Å². The van der Waals surface area contributed by atoms with Gasteiger partial charge < -0.3 is 4.90 Å². The SMILES string of the molecule is CCN(CC)S(=O)(=O)c1ccc2c(c1)C(=O)[C@H](C#N)C(=O)N2Cc1ccccc1. The van der Waals surface area contributed by atoms with E-state index in [9.17, 15) is 23.3 Å². The molecule has 1 amide bonds. The molecule has 1 aliphatic heterocycles. The number of rotatable bonds is 6. The lowest BCUT2D eigenvalue weighted by Crippen LogP contribution is -2.44. The summed E-state index contributed by atoms with van der Waals surface area (Å²) in [6, 6.07) is 15.1. The lowest BCUT2D eigenvalue weighted by molar-refractivity contribution is -0.120. The second kappa shape index (κ2) is 8.15. The van der Waals surface area contributed by atoms with Gasteiger partial charge in [-0.05, 0) is 23.8 Å². The molecule has 8 heteroatoms. The molecule has 1 aliphatic rings. The molecule has 0 bridgehead atoms. The molecule has 0 radical (unpaired) electrons. The Bertz CT molecular complexity index is 1090. The molecule has 0 aliphatic carbocycles. The number of carbonyl (C=O) groups is 2. The van der Waals surface area contributed by atoms with Gasteiger partial charge in [-0.1, -0.05) is 44.2 Å². The fourth-order valence-corrected chi connectivity index (χ4v) is 4.89. The molecule has 1 atom stereocenters. The van der Waals surface area contributed by atoms with Gasteiger partial charge >= 0.3 is 0 Å². The minimum Gasteiger partial charge on any atom is -0.306 e. The van der Waals surface area contributed by atoms with Crippen LogP contribution >= 0.6 is 0 Å². The number of sulfonamides is 1. The van der Waals surface area contributed by atoms with Gasteiger partial charge in [0.25, 0.3) is 5.91 Å². The Labute approximate surface area is 170 Å². The summed E-state index contributed by atoms with van der Waals surface area (Å²) in [7, 11) is -3.78. The van der Waals surface area contributed by atoms with Gasteiger partial charge in [-0.15, -0.1) is 0 Å². The fraction of sp³-hybridized carbons (Fsp3) is 0.286. The quantitative estimate of drug-likeness (QED) is 0.681. The van der Waals surface area contributed by atoms with Crippen molar-refractivity contribution in [1.29, 1.82) is 5.26 Å². The average molecular weight is 411 g/mol. The first kappa shape index (κ1) is 20.7. The molecular weight excluding hydrogens is 390 g/mol. The Hall–Kier alpha value is -3.02. The van der Waals surface area contributed by atoms with Gasteiger partial charge in [0.05, 0.1) is 23.2 Å². The van der Waals surface area contributed by atoms with Crippen LogP contribution in [-0.2, 0) is 21.4 Å². The predicted octanol–water partition coefficient (Wildman–Crippen LogP) is 2.59. The summed E-state index contributed by atoms with van der Waals surface area (Å²) in [4.78, 5) is 26.9.